The topological polar surface area (TPSA) is 54.0 Å². The van der Waals surface area contributed by atoms with E-state index in [0.29, 0.717) is 0 Å². The van der Waals surface area contributed by atoms with Gasteiger partial charge in [-0.05, 0) is 25.3 Å². The Hall–Kier alpha value is -0.693. The third kappa shape index (κ3) is 3.39. The summed E-state index contributed by atoms with van der Waals surface area (Å²) in [6, 6.07) is 0.847. The summed E-state index contributed by atoms with van der Waals surface area (Å²) in [6.07, 6.45) is 5.28. The predicted octanol–water partition coefficient (Wildman–Crippen LogP) is 2.73. The minimum atomic E-state index is -2.62. The minimum absolute atomic E-state index is 0.347. The van der Waals surface area contributed by atoms with Gasteiger partial charge in [0.05, 0.1) is 0 Å². The van der Waals surface area contributed by atoms with E-state index in [-0.39, 0.29) is 6.10 Å². The molecule has 0 radical (unpaired) electrons. The minimum Gasteiger partial charge on any atom is -0.456 e. The van der Waals surface area contributed by atoms with E-state index < -0.39 is 19.8 Å². The van der Waals surface area contributed by atoms with Crippen molar-refractivity contribution in [3.05, 3.63) is 12.7 Å². The van der Waals surface area contributed by atoms with Gasteiger partial charge in [-0.15, -0.1) is 0 Å². The second-order valence-corrected chi connectivity index (χ2v) is 9.05. The number of hydrogen-bond acceptors (Lipinski definition) is 5. The zero-order valence-corrected chi connectivity index (χ0v) is 14.6. The highest BCUT2D eigenvalue weighted by atomic mass is 28.4. The number of ether oxygens (including phenoxy) is 2. The first-order valence-corrected chi connectivity index (χ1v) is 9.56. The van der Waals surface area contributed by atoms with Crippen LogP contribution in [0.15, 0.2) is 12.7 Å². The van der Waals surface area contributed by atoms with E-state index in [1.807, 2.05) is 0 Å². The lowest BCUT2D eigenvalue weighted by molar-refractivity contribution is -0.162. The maximum Gasteiger partial charge on any atom is 0.374 e. The molecule has 0 aromatic heterocycles. The van der Waals surface area contributed by atoms with E-state index in [0.717, 1.165) is 38.1 Å². The second-order valence-electron chi connectivity index (χ2n) is 5.38. The molecule has 2 unspecified atom stereocenters. The van der Waals surface area contributed by atoms with Gasteiger partial charge in [0.25, 0.3) is 0 Å². The molecule has 0 saturated carbocycles. The lowest BCUT2D eigenvalue weighted by Crippen LogP contribution is -2.71. The fraction of sp³-hybridized carbons (Fsp3) is 0.800. The number of carbonyl (C=O) groups excluding carboxylic acids is 1. The molecule has 1 rings (SSSR count). The molecule has 6 heteroatoms. The zero-order chi connectivity index (χ0) is 15.9. The summed E-state index contributed by atoms with van der Waals surface area (Å²) in [7, 11) is 2.39. The molecule has 1 heterocycles. The molecular weight excluding hydrogens is 288 g/mol. The quantitative estimate of drug-likeness (QED) is 0.391. The molecule has 1 fully saturated rings. The Labute approximate surface area is 128 Å². The maximum atomic E-state index is 11.7. The fourth-order valence-electron chi connectivity index (χ4n) is 3.37. The van der Waals surface area contributed by atoms with Crippen molar-refractivity contribution in [3.8, 4) is 0 Å². The highest BCUT2D eigenvalue weighted by molar-refractivity contribution is 6.71. The summed E-state index contributed by atoms with van der Waals surface area (Å²) < 4.78 is 23.2. The Morgan fingerprint density at radius 2 is 2.05 bits per heavy atom. The second kappa shape index (κ2) is 8.08. The highest BCUT2D eigenvalue weighted by Crippen LogP contribution is 2.44. The molecule has 0 aromatic carbocycles. The number of carbonyl (C=O) groups is 1. The molecule has 0 bridgehead atoms. The van der Waals surface area contributed by atoms with Crippen LogP contribution in [-0.2, 0) is 23.1 Å². The Morgan fingerprint density at radius 3 is 2.52 bits per heavy atom. The number of rotatable bonds is 8. The molecule has 2 atom stereocenters. The SMILES string of the molecule is C=CC(=O)OC1CCC[Si](OC)(OC)C1(CCCC)OC. The predicted molar refractivity (Wildman–Crippen MR) is 83.2 cm³/mol. The van der Waals surface area contributed by atoms with Crippen LogP contribution in [0.4, 0.5) is 0 Å². The number of hydrogen-bond donors (Lipinski definition) is 0. The van der Waals surface area contributed by atoms with Crippen LogP contribution in [0.5, 0.6) is 0 Å². The van der Waals surface area contributed by atoms with Gasteiger partial charge in [0.2, 0.25) is 0 Å². The standard InChI is InChI=1S/C15H28O5Si/c1-6-8-11-15(17-3)13(20-14(16)7-2)10-9-12-21(15,18-4)19-5/h7,13H,2,6,8-12H2,1,3-5H3. The lowest BCUT2D eigenvalue weighted by Gasteiger charge is -2.51. The summed E-state index contributed by atoms with van der Waals surface area (Å²) in [6.45, 7) is 5.60. The van der Waals surface area contributed by atoms with Gasteiger partial charge in [0.15, 0.2) is 0 Å². The van der Waals surface area contributed by atoms with E-state index >= 15 is 0 Å². The molecule has 1 aliphatic heterocycles. The van der Waals surface area contributed by atoms with Crippen LogP contribution in [0.3, 0.4) is 0 Å². The van der Waals surface area contributed by atoms with Crippen LogP contribution < -0.4 is 0 Å². The van der Waals surface area contributed by atoms with Gasteiger partial charge in [0, 0.05) is 27.4 Å². The van der Waals surface area contributed by atoms with Crippen molar-refractivity contribution >= 4 is 14.5 Å². The molecule has 0 aliphatic carbocycles. The smallest absolute Gasteiger partial charge is 0.374 e. The first-order chi connectivity index (χ1) is 10.1. The van der Waals surface area contributed by atoms with Crippen molar-refractivity contribution in [2.45, 2.75) is 56.4 Å². The van der Waals surface area contributed by atoms with Crippen molar-refractivity contribution in [2.24, 2.45) is 0 Å². The van der Waals surface area contributed by atoms with Crippen LogP contribution in [-0.4, -0.2) is 47.2 Å². The van der Waals surface area contributed by atoms with E-state index in [4.69, 9.17) is 18.3 Å². The molecule has 122 valence electrons. The van der Waals surface area contributed by atoms with Crippen LogP contribution in [0.1, 0.15) is 39.0 Å². The number of methoxy groups -OCH3 is 1. The number of esters is 1. The van der Waals surface area contributed by atoms with Gasteiger partial charge >= 0.3 is 14.5 Å². The third-order valence-corrected chi connectivity index (χ3v) is 8.88. The van der Waals surface area contributed by atoms with Gasteiger partial charge in [-0.1, -0.05) is 26.3 Å². The van der Waals surface area contributed by atoms with Crippen LogP contribution in [0.2, 0.25) is 6.04 Å². The van der Waals surface area contributed by atoms with Gasteiger partial charge in [-0.25, -0.2) is 4.79 Å². The molecular formula is C15H28O5Si. The molecule has 0 amide bonds. The zero-order valence-electron chi connectivity index (χ0n) is 13.6. The average molecular weight is 316 g/mol. The van der Waals surface area contributed by atoms with Gasteiger partial charge in [-0.2, -0.15) is 0 Å². The molecule has 0 spiro atoms. The molecule has 5 nitrogen and oxygen atoms in total. The molecule has 1 saturated heterocycles. The Bertz CT molecular complexity index is 356. The first kappa shape index (κ1) is 18.4. The fourth-order valence-corrected chi connectivity index (χ4v) is 7.29. The molecule has 21 heavy (non-hydrogen) atoms. The van der Waals surface area contributed by atoms with Crippen molar-refractivity contribution < 1.29 is 23.1 Å². The van der Waals surface area contributed by atoms with Crippen molar-refractivity contribution in [2.75, 3.05) is 21.3 Å². The Kier molecular flexibility index (Phi) is 7.06. The lowest BCUT2D eigenvalue weighted by atomic mass is 10.0. The molecule has 0 N–H and O–H groups in total. The first-order valence-electron chi connectivity index (χ1n) is 7.54. The van der Waals surface area contributed by atoms with Gasteiger partial charge < -0.3 is 18.3 Å². The summed E-state index contributed by atoms with van der Waals surface area (Å²) >= 11 is 0. The van der Waals surface area contributed by atoms with E-state index in [1.54, 1.807) is 21.3 Å². The van der Waals surface area contributed by atoms with Crippen LogP contribution >= 0.6 is 0 Å². The maximum absolute atomic E-state index is 11.7. The van der Waals surface area contributed by atoms with Crippen LogP contribution in [0, 0.1) is 0 Å². The van der Waals surface area contributed by atoms with E-state index in [2.05, 4.69) is 13.5 Å². The normalized spacial score (nSPS) is 28.1. The largest absolute Gasteiger partial charge is 0.456 e. The molecule has 1 aliphatic rings. The van der Waals surface area contributed by atoms with Crippen molar-refractivity contribution in [1.82, 2.24) is 0 Å². The monoisotopic (exact) mass is 316 g/mol. The van der Waals surface area contributed by atoms with Crippen molar-refractivity contribution in [3.63, 3.8) is 0 Å². The van der Waals surface area contributed by atoms with Crippen molar-refractivity contribution in [1.29, 1.82) is 0 Å². The Balaban J connectivity index is 3.19. The summed E-state index contributed by atoms with van der Waals surface area (Å²) in [5.41, 5.74) is 0. The average Bonchev–Trinajstić information content (AvgIpc) is 2.53. The number of unbranched alkanes of at least 4 members (excludes halogenated alkanes) is 1. The molecule has 0 aromatic rings. The summed E-state index contributed by atoms with van der Waals surface area (Å²) in [4.78, 5) is 11.7. The van der Waals surface area contributed by atoms with E-state index in [9.17, 15) is 4.79 Å². The third-order valence-electron chi connectivity index (χ3n) is 4.49. The highest BCUT2D eigenvalue weighted by Gasteiger charge is 2.64. The summed E-state index contributed by atoms with van der Waals surface area (Å²) in [5.74, 6) is -0.421. The van der Waals surface area contributed by atoms with Gasteiger partial charge in [-0.3, -0.25) is 0 Å². The summed E-state index contributed by atoms with van der Waals surface area (Å²) in [5, 5.41) is -0.663. The van der Waals surface area contributed by atoms with Gasteiger partial charge in [0.1, 0.15) is 11.3 Å². The Morgan fingerprint density at radius 1 is 1.38 bits per heavy atom. The van der Waals surface area contributed by atoms with Crippen LogP contribution in [0.25, 0.3) is 0 Å². The van der Waals surface area contributed by atoms with E-state index in [1.165, 1.54) is 6.08 Å².